The molecule has 2 fully saturated rings. The van der Waals surface area contributed by atoms with E-state index in [0.717, 1.165) is 11.8 Å². The Hall–Kier alpha value is -0.410. The molecule has 2 saturated carbocycles. The van der Waals surface area contributed by atoms with Crippen molar-refractivity contribution in [2.75, 3.05) is 0 Å². The van der Waals surface area contributed by atoms with Gasteiger partial charge in [0.1, 0.15) is 5.01 Å². The summed E-state index contributed by atoms with van der Waals surface area (Å²) < 4.78 is 0. The third kappa shape index (κ3) is 2.68. The first kappa shape index (κ1) is 14.2. The van der Waals surface area contributed by atoms with Gasteiger partial charge in [-0.05, 0) is 70.6 Å². The molecule has 0 radical (unpaired) electrons. The van der Waals surface area contributed by atoms with Crippen LogP contribution in [0.3, 0.4) is 0 Å². The monoisotopic (exact) mass is 304 g/mol. The third-order valence-corrected chi connectivity index (χ3v) is 7.01. The Labute approximate surface area is 132 Å². The summed E-state index contributed by atoms with van der Waals surface area (Å²) in [5.41, 5.74) is 1.61. The summed E-state index contributed by atoms with van der Waals surface area (Å²) in [7, 11) is 0. The number of aromatic nitrogens is 1. The highest BCUT2D eigenvalue weighted by atomic mass is 32.1. The van der Waals surface area contributed by atoms with E-state index in [1.807, 2.05) is 11.3 Å². The maximum absolute atomic E-state index is 5.11. The number of rotatable bonds is 4. The van der Waals surface area contributed by atoms with Crippen LogP contribution in [-0.4, -0.2) is 11.0 Å². The highest BCUT2D eigenvalue weighted by Gasteiger charge is 2.45. The van der Waals surface area contributed by atoms with Gasteiger partial charge in [-0.2, -0.15) is 0 Å². The van der Waals surface area contributed by atoms with Crippen LogP contribution in [-0.2, 0) is 18.4 Å². The van der Waals surface area contributed by atoms with Gasteiger partial charge in [-0.3, -0.25) is 0 Å². The second-order valence-electron chi connectivity index (χ2n) is 7.82. The van der Waals surface area contributed by atoms with Crippen molar-refractivity contribution in [2.24, 2.45) is 11.8 Å². The average Bonchev–Trinajstić information content (AvgIpc) is 3.05. The van der Waals surface area contributed by atoms with Crippen LogP contribution in [0.15, 0.2) is 0 Å². The number of nitrogens with one attached hydrogen (secondary N) is 1. The zero-order chi connectivity index (χ0) is 14.4. The minimum absolute atomic E-state index is 0.189. The van der Waals surface area contributed by atoms with Gasteiger partial charge in [0.2, 0.25) is 0 Å². The highest BCUT2D eigenvalue weighted by molar-refractivity contribution is 7.12. The Morgan fingerprint density at radius 2 is 2.00 bits per heavy atom. The molecule has 3 aliphatic rings. The Morgan fingerprint density at radius 3 is 2.71 bits per heavy atom. The molecule has 1 aromatic heterocycles. The van der Waals surface area contributed by atoms with Crippen LogP contribution in [0.1, 0.15) is 74.4 Å². The number of hydrogen-bond donors (Lipinski definition) is 1. The molecule has 0 saturated heterocycles. The van der Waals surface area contributed by atoms with E-state index < -0.39 is 0 Å². The Balaban J connectivity index is 1.65. The third-order valence-electron chi connectivity index (χ3n) is 5.65. The molecule has 4 rings (SSSR count). The maximum Gasteiger partial charge on any atom is 0.113 e. The van der Waals surface area contributed by atoms with Crippen molar-refractivity contribution < 1.29 is 0 Å². The van der Waals surface area contributed by atoms with Crippen LogP contribution < -0.4 is 5.32 Å². The van der Waals surface area contributed by atoms with Gasteiger partial charge >= 0.3 is 0 Å². The molecule has 2 nitrogen and oxygen atoms in total. The standard InChI is InChI=1S/C18H28N2S/c1-12(2)20-18(10-4-5-14(11-18)13-8-9-13)17-19-15-6-3-7-16(15)21-17/h12-14,20H,3-11H2,1-2H3. The number of fused-ring (bicyclic) bond motifs is 1. The molecule has 1 aromatic rings. The molecule has 0 bridgehead atoms. The van der Waals surface area contributed by atoms with Crippen LogP contribution in [0.4, 0.5) is 0 Å². The van der Waals surface area contributed by atoms with Gasteiger partial charge in [0, 0.05) is 10.9 Å². The van der Waals surface area contributed by atoms with E-state index in [2.05, 4.69) is 19.2 Å². The second-order valence-corrected chi connectivity index (χ2v) is 8.90. The van der Waals surface area contributed by atoms with Crippen molar-refractivity contribution in [2.45, 2.75) is 83.2 Å². The van der Waals surface area contributed by atoms with E-state index in [1.54, 1.807) is 4.88 Å². The minimum Gasteiger partial charge on any atom is -0.303 e. The maximum atomic E-state index is 5.11. The van der Waals surface area contributed by atoms with Gasteiger partial charge < -0.3 is 5.32 Å². The molecule has 3 heteroatoms. The lowest BCUT2D eigenvalue weighted by atomic mass is 9.73. The Morgan fingerprint density at radius 1 is 1.14 bits per heavy atom. The first-order chi connectivity index (χ1) is 10.2. The van der Waals surface area contributed by atoms with Gasteiger partial charge in [-0.15, -0.1) is 11.3 Å². The average molecular weight is 305 g/mol. The van der Waals surface area contributed by atoms with Gasteiger partial charge in [0.05, 0.1) is 11.2 Å². The fourth-order valence-electron chi connectivity index (χ4n) is 4.62. The predicted octanol–water partition coefficient (Wildman–Crippen LogP) is 4.43. The van der Waals surface area contributed by atoms with Gasteiger partial charge in [-0.25, -0.2) is 4.98 Å². The number of aryl methyl sites for hydroxylation is 2. The summed E-state index contributed by atoms with van der Waals surface area (Å²) in [5, 5.41) is 5.38. The fourth-order valence-corrected chi connectivity index (χ4v) is 5.96. The summed E-state index contributed by atoms with van der Waals surface area (Å²) in [6.45, 7) is 4.59. The van der Waals surface area contributed by atoms with Crippen molar-refractivity contribution >= 4 is 11.3 Å². The van der Waals surface area contributed by atoms with E-state index in [-0.39, 0.29) is 5.54 Å². The lowest BCUT2D eigenvalue weighted by molar-refractivity contribution is 0.153. The van der Waals surface area contributed by atoms with Crippen LogP contribution in [0.5, 0.6) is 0 Å². The summed E-state index contributed by atoms with van der Waals surface area (Å²) in [4.78, 5) is 6.70. The molecule has 2 atom stereocenters. The smallest absolute Gasteiger partial charge is 0.113 e. The molecule has 0 spiro atoms. The van der Waals surface area contributed by atoms with Gasteiger partial charge in [0.25, 0.3) is 0 Å². The number of hydrogen-bond acceptors (Lipinski definition) is 3. The molecule has 21 heavy (non-hydrogen) atoms. The molecule has 1 heterocycles. The quantitative estimate of drug-likeness (QED) is 0.890. The lowest BCUT2D eigenvalue weighted by Gasteiger charge is -2.42. The summed E-state index contributed by atoms with van der Waals surface area (Å²) in [6.07, 6.45) is 12.2. The molecule has 0 aromatic carbocycles. The molecule has 0 aliphatic heterocycles. The molecule has 116 valence electrons. The van der Waals surface area contributed by atoms with Crippen molar-refractivity contribution in [3.63, 3.8) is 0 Å². The van der Waals surface area contributed by atoms with Crippen LogP contribution in [0, 0.1) is 11.8 Å². The van der Waals surface area contributed by atoms with E-state index in [4.69, 9.17) is 4.98 Å². The number of nitrogens with zero attached hydrogens (tertiary/aromatic N) is 1. The SMILES string of the molecule is CC(C)NC1(c2nc3c(s2)CCC3)CCCC(C2CC2)C1. The normalized spacial score (nSPS) is 32.6. The zero-order valence-corrected chi connectivity index (χ0v) is 14.3. The largest absolute Gasteiger partial charge is 0.303 e. The molecular weight excluding hydrogens is 276 g/mol. The highest BCUT2D eigenvalue weighted by Crippen LogP contribution is 2.50. The van der Waals surface area contributed by atoms with E-state index in [9.17, 15) is 0 Å². The van der Waals surface area contributed by atoms with Crippen molar-refractivity contribution in [3.05, 3.63) is 15.6 Å². The second kappa shape index (κ2) is 5.34. The molecule has 0 amide bonds. The van der Waals surface area contributed by atoms with Crippen LogP contribution >= 0.6 is 11.3 Å². The number of thiazole rings is 1. The van der Waals surface area contributed by atoms with Gasteiger partial charge in [0.15, 0.2) is 0 Å². The topological polar surface area (TPSA) is 24.9 Å². The zero-order valence-electron chi connectivity index (χ0n) is 13.5. The molecule has 1 N–H and O–H groups in total. The lowest BCUT2D eigenvalue weighted by Crippen LogP contribution is -2.49. The van der Waals surface area contributed by atoms with Crippen molar-refractivity contribution in [3.8, 4) is 0 Å². The van der Waals surface area contributed by atoms with Crippen molar-refractivity contribution in [1.29, 1.82) is 0 Å². The molecule has 2 unspecified atom stereocenters. The molecular formula is C18H28N2S. The van der Waals surface area contributed by atoms with Gasteiger partial charge in [-0.1, -0.05) is 12.8 Å². The predicted molar refractivity (Wildman–Crippen MR) is 88.8 cm³/mol. The van der Waals surface area contributed by atoms with E-state index in [1.165, 1.54) is 68.5 Å². The van der Waals surface area contributed by atoms with Crippen molar-refractivity contribution in [1.82, 2.24) is 10.3 Å². The van der Waals surface area contributed by atoms with Crippen LogP contribution in [0.25, 0.3) is 0 Å². The Bertz CT molecular complexity index is 496. The minimum atomic E-state index is 0.189. The van der Waals surface area contributed by atoms with E-state index in [0.29, 0.717) is 6.04 Å². The molecule has 3 aliphatic carbocycles. The van der Waals surface area contributed by atoms with E-state index >= 15 is 0 Å². The summed E-state index contributed by atoms with van der Waals surface area (Å²) in [5.74, 6) is 1.98. The first-order valence-corrected chi connectivity index (χ1v) is 9.75. The fraction of sp³-hybridized carbons (Fsp3) is 0.833. The summed E-state index contributed by atoms with van der Waals surface area (Å²) >= 11 is 2.03. The first-order valence-electron chi connectivity index (χ1n) is 8.93. The van der Waals surface area contributed by atoms with Crippen LogP contribution in [0.2, 0.25) is 0 Å². The Kier molecular flexibility index (Phi) is 3.61. The summed E-state index contributed by atoms with van der Waals surface area (Å²) in [6, 6.07) is 0.543.